The maximum Gasteiger partial charge on any atom is 0.184 e. The molecule has 86 valence electrons. The van der Waals surface area contributed by atoms with Crippen LogP contribution in [0.4, 0.5) is 0 Å². The van der Waals surface area contributed by atoms with Crippen LogP contribution in [0.15, 0.2) is 24.3 Å². The topological polar surface area (TPSA) is 21.7 Å². The monoisotopic (exact) mass is 219 g/mol. The zero-order valence-corrected chi connectivity index (χ0v) is 9.72. The third-order valence-electron chi connectivity index (χ3n) is 3.45. The van der Waals surface area contributed by atoms with Gasteiger partial charge in [-0.25, -0.2) is 0 Å². The molecule has 3 heteroatoms. The Morgan fingerprint density at radius 2 is 1.94 bits per heavy atom. The van der Waals surface area contributed by atoms with Crippen molar-refractivity contribution < 1.29 is 9.47 Å². The van der Waals surface area contributed by atoms with Crippen LogP contribution in [-0.2, 0) is 9.47 Å². The van der Waals surface area contributed by atoms with Crippen LogP contribution >= 0.6 is 0 Å². The molecule has 0 radical (unpaired) electrons. The van der Waals surface area contributed by atoms with Gasteiger partial charge in [0.15, 0.2) is 6.29 Å². The molecule has 0 aliphatic carbocycles. The van der Waals surface area contributed by atoms with Crippen LogP contribution in [0.2, 0.25) is 0 Å². The van der Waals surface area contributed by atoms with E-state index in [0.717, 1.165) is 13.0 Å². The van der Waals surface area contributed by atoms with Gasteiger partial charge in [-0.3, -0.25) is 0 Å². The molecule has 0 aromatic heterocycles. The molecular formula is C13H17NO2. The minimum absolute atomic E-state index is 0.147. The van der Waals surface area contributed by atoms with Gasteiger partial charge in [-0.2, -0.15) is 0 Å². The highest BCUT2D eigenvalue weighted by Crippen LogP contribution is 2.42. The van der Waals surface area contributed by atoms with Gasteiger partial charge >= 0.3 is 0 Å². The molecule has 3 nitrogen and oxygen atoms in total. The Labute approximate surface area is 96.0 Å². The fourth-order valence-corrected chi connectivity index (χ4v) is 2.76. The van der Waals surface area contributed by atoms with Gasteiger partial charge in [0.05, 0.1) is 18.8 Å². The van der Waals surface area contributed by atoms with Crippen LogP contribution in [0, 0.1) is 0 Å². The van der Waals surface area contributed by atoms with Crippen molar-refractivity contribution >= 4 is 0 Å². The van der Waals surface area contributed by atoms with Gasteiger partial charge in [-0.1, -0.05) is 24.3 Å². The maximum absolute atomic E-state index is 5.96. The van der Waals surface area contributed by atoms with E-state index < -0.39 is 0 Å². The van der Waals surface area contributed by atoms with E-state index >= 15 is 0 Å². The summed E-state index contributed by atoms with van der Waals surface area (Å²) >= 11 is 0. The zero-order chi connectivity index (χ0) is 11.1. The highest BCUT2D eigenvalue weighted by molar-refractivity contribution is 5.34. The normalized spacial score (nSPS) is 32.6. The van der Waals surface area contributed by atoms with Gasteiger partial charge in [-0.15, -0.1) is 0 Å². The third-order valence-corrected chi connectivity index (χ3v) is 3.45. The first-order valence-electron chi connectivity index (χ1n) is 5.79. The number of benzene rings is 1. The second-order valence-corrected chi connectivity index (χ2v) is 4.70. The number of nitrogens with zero attached hydrogens (tertiary/aromatic N) is 1. The number of fused-ring (bicyclic) bond motifs is 4. The van der Waals surface area contributed by atoms with Crippen molar-refractivity contribution in [2.24, 2.45) is 0 Å². The summed E-state index contributed by atoms with van der Waals surface area (Å²) in [6, 6.07) is 8.80. The summed E-state index contributed by atoms with van der Waals surface area (Å²) in [5, 5.41) is 0. The fraction of sp³-hybridized carbons (Fsp3) is 0.538. The average molecular weight is 219 g/mol. The summed E-state index contributed by atoms with van der Waals surface area (Å²) < 4.78 is 11.6. The summed E-state index contributed by atoms with van der Waals surface area (Å²) in [5.74, 6) is 0. The predicted octanol–water partition coefficient (Wildman–Crippen LogP) is 2.11. The van der Waals surface area contributed by atoms with Gasteiger partial charge in [0.2, 0.25) is 0 Å². The molecule has 0 N–H and O–H groups in total. The SMILES string of the molecule is CN(C)C1c2ccccc2[C@H]2OCC[C@@H]1O2. The van der Waals surface area contributed by atoms with Crippen molar-refractivity contribution in [3.63, 3.8) is 0 Å². The highest BCUT2D eigenvalue weighted by atomic mass is 16.7. The molecule has 1 unspecified atom stereocenters. The lowest BCUT2D eigenvalue weighted by Crippen LogP contribution is -2.42. The van der Waals surface area contributed by atoms with E-state index in [2.05, 4.69) is 37.2 Å². The minimum Gasteiger partial charge on any atom is -0.348 e. The van der Waals surface area contributed by atoms with Crippen LogP contribution < -0.4 is 0 Å². The molecule has 2 aliphatic rings. The summed E-state index contributed by atoms with van der Waals surface area (Å²) in [5.41, 5.74) is 2.55. The lowest BCUT2D eigenvalue weighted by Gasteiger charge is -2.44. The van der Waals surface area contributed by atoms with Crippen molar-refractivity contribution in [3.05, 3.63) is 35.4 Å². The minimum atomic E-state index is -0.147. The lowest BCUT2D eigenvalue weighted by molar-refractivity contribution is -0.240. The summed E-state index contributed by atoms with van der Waals surface area (Å²) in [4.78, 5) is 2.24. The largest absolute Gasteiger partial charge is 0.348 e. The zero-order valence-electron chi connectivity index (χ0n) is 9.72. The van der Waals surface area contributed by atoms with Gasteiger partial charge < -0.3 is 14.4 Å². The van der Waals surface area contributed by atoms with Gasteiger partial charge in [0.1, 0.15) is 0 Å². The molecule has 2 aliphatic heterocycles. The third kappa shape index (κ3) is 1.47. The van der Waals surface area contributed by atoms with E-state index in [1.165, 1.54) is 11.1 Å². The van der Waals surface area contributed by atoms with Gasteiger partial charge in [0.25, 0.3) is 0 Å². The van der Waals surface area contributed by atoms with Gasteiger partial charge in [0, 0.05) is 5.56 Å². The predicted molar refractivity (Wildman–Crippen MR) is 61.1 cm³/mol. The standard InChI is InChI=1S/C13H17NO2/c1-14(2)12-9-5-3-4-6-10(9)13-15-8-7-11(12)16-13/h3-6,11-13H,7-8H2,1-2H3/t11-,12?,13-/m0/s1. The van der Waals surface area contributed by atoms with Crippen molar-refractivity contribution in [1.82, 2.24) is 4.90 Å². The van der Waals surface area contributed by atoms with Crippen LogP contribution in [0.1, 0.15) is 29.9 Å². The van der Waals surface area contributed by atoms with Crippen LogP contribution in [0.5, 0.6) is 0 Å². The molecule has 0 spiro atoms. The molecule has 1 fully saturated rings. The van der Waals surface area contributed by atoms with Crippen LogP contribution in [0.25, 0.3) is 0 Å². The maximum atomic E-state index is 5.96. The summed E-state index contributed by atoms with van der Waals surface area (Å²) in [6.07, 6.45) is 1.10. The number of hydrogen-bond donors (Lipinski definition) is 0. The Kier molecular flexibility index (Phi) is 2.46. The number of rotatable bonds is 1. The fourth-order valence-electron chi connectivity index (χ4n) is 2.76. The lowest BCUT2D eigenvalue weighted by atomic mass is 9.90. The second kappa shape index (κ2) is 3.84. The molecule has 1 aromatic rings. The van der Waals surface area contributed by atoms with Crippen molar-refractivity contribution in [3.8, 4) is 0 Å². The molecule has 1 aromatic carbocycles. The van der Waals surface area contributed by atoms with E-state index in [9.17, 15) is 0 Å². The first-order chi connectivity index (χ1) is 7.77. The first kappa shape index (κ1) is 10.3. The Balaban J connectivity index is 2.09. The van der Waals surface area contributed by atoms with Crippen LogP contribution in [0.3, 0.4) is 0 Å². The molecule has 16 heavy (non-hydrogen) atoms. The Morgan fingerprint density at radius 1 is 1.19 bits per heavy atom. The average Bonchev–Trinajstić information content (AvgIpc) is 2.29. The van der Waals surface area contributed by atoms with Crippen molar-refractivity contribution in [2.75, 3.05) is 20.7 Å². The first-order valence-corrected chi connectivity index (χ1v) is 5.79. The number of hydrogen-bond acceptors (Lipinski definition) is 3. The Hall–Kier alpha value is -0.900. The molecule has 3 atom stereocenters. The summed E-state index contributed by atoms with van der Waals surface area (Å²) in [7, 11) is 4.22. The molecular weight excluding hydrogens is 202 g/mol. The summed E-state index contributed by atoms with van der Waals surface area (Å²) in [6.45, 7) is 0.800. The highest BCUT2D eigenvalue weighted by Gasteiger charge is 2.39. The second-order valence-electron chi connectivity index (χ2n) is 4.70. The van der Waals surface area contributed by atoms with Crippen LogP contribution in [-0.4, -0.2) is 31.7 Å². The molecule has 1 saturated heterocycles. The Morgan fingerprint density at radius 3 is 2.69 bits per heavy atom. The van der Waals surface area contributed by atoms with Crippen molar-refractivity contribution in [1.29, 1.82) is 0 Å². The van der Waals surface area contributed by atoms with E-state index in [1.807, 2.05) is 6.07 Å². The molecule has 0 saturated carbocycles. The quantitative estimate of drug-likeness (QED) is 0.722. The molecule has 0 amide bonds. The molecule has 3 rings (SSSR count). The Bertz CT molecular complexity index is 391. The van der Waals surface area contributed by atoms with Crippen molar-refractivity contribution in [2.45, 2.75) is 24.9 Å². The van der Waals surface area contributed by atoms with Gasteiger partial charge in [-0.05, 0) is 26.1 Å². The van der Waals surface area contributed by atoms with E-state index in [1.54, 1.807) is 0 Å². The van der Waals surface area contributed by atoms with E-state index in [-0.39, 0.29) is 12.4 Å². The smallest absolute Gasteiger partial charge is 0.184 e. The molecule has 2 bridgehead atoms. The van der Waals surface area contributed by atoms with E-state index in [4.69, 9.17) is 9.47 Å². The van der Waals surface area contributed by atoms with E-state index in [0.29, 0.717) is 6.04 Å². The number of likely N-dealkylation sites (N-methyl/N-ethyl adjacent to an activating group) is 1. The molecule has 2 heterocycles. The number of ether oxygens (including phenoxy) is 2.